The molecule has 0 amide bonds. The van der Waals surface area contributed by atoms with Crippen LogP contribution in [0.3, 0.4) is 0 Å². The first kappa shape index (κ1) is 10.9. The molecule has 0 unspecified atom stereocenters. The fourth-order valence-corrected chi connectivity index (χ4v) is 2.34. The first-order valence-electron chi connectivity index (χ1n) is 5.27. The molecule has 3 aromatic heterocycles. The summed E-state index contributed by atoms with van der Waals surface area (Å²) in [5, 5.41) is 7.87. The van der Waals surface area contributed by atoms with Crippen LogP contribution in [0.25, 0.3) is 23.1 Å². The van der Waals surface area contributed by atoms with Crippen LogP contribution in [0, 0.1) is 6.92 Å². The Bertz CT molecular complexity index is 656. The Morgan fingerprint density at radius 1 is 1.44 bits per heavy atom. The minimum Gasteiger partial charge on any atom is -0.378 e. The van der Waals surface area contributed by atoms with Crippen LogP contribution in [-0.4, -0.2) is 31.5 Å². The fourth-order valence-electron chi connectivity index (χ4n) is 1.60. The van der Waals surface area contributed by atoms with Crippen LogP contribution in [0.5, 0.6) is 0 Å². The van der Waals surface area contributed by atoms with Gasteiger partial charge in [0.25, 0.3) is 5.89 Å². The van der Waals surface area contributed by atoms with Gasteiger partial charge in [0, 0.05) is 19.4 Å². The Hall–Kier alpha value is -2.22. The molecule has 0 saturated heterocycles. The van der Waals surface area contributed by atoms with Gasteiger partial charge in [-0.1, -0.05) is 5.16 Å². The van der Waals surface area contributed by atoms with Gasteiger partial charge in [-0.15, -0.1) is 0 Å². The zero-order valence-corrected chi connectivity index (χ0v) is 10.6. The minimum absolute atomic E-state index is 0.433. The van der Waals surface area contributed by atoms with Gasteiger partial charge in [-0.05, 0) is 18.5 Å². The van der Waals surface area contributed by atoms with E-state index in [2.05, 4.69) is 29.8 Å². The van der Waals surface area contributed by atoms with Gasteiger partial charge in [0.1, 0.15) is 5.00 Å². The van der Waals surface area contributed by atoms with Crippen molar-refractivity contribution in [3.05, 3.63) is 18.1 Å². The molecule has 0 aromatic carbocycles. The van der Waals surface area contributed by atoms with E-state index in [0.29, 0.717) is 17.5 Å². The Kier molecular flexibility index (Phi) is 2.56. The highest BCUT2D eigenvalue weighted by Gasteiger charge is 2.19. The van der Waals surface area contributed by atoms with Crippen molar-refractivity contribution < 1.29 is 4.52 Å². The summed E-state index contributed by atoms with van der Waals surface area (Å²) < 4.78 is 9.53. The number of hydrogen-bond donors (Lipinski definition) is 2. The third-order valence-corrected chi connectivity index (χ3v) is 3.40. The second-order valence-electron chi connectivity index (χ2n) is 3.58. The number of aromatic nitrogens is 5. The van der Waals surface area contributed by atoms with E-state index in [-0.39, 0.29) is 0 Å². The van der Waals surface area contributed by atoms with Gasteiger partial charge in [-0.3, -0.25) is 0 Å². The summed E-state index contributed by atoms with van der Waals surface area (Å²) in [6, 6.07) is 0. The Labute approximate surface area is 106 Å². The molecule has 3 aromatic rings. The van der Waals surface area contributed by atoms with E-state index in [1.54, 1.807) is 12.4 Å². The fraction of sp³-hybridized carbons (Fsp3) is 0.200. The summed E-state index contributed by atoms with van der Waals surface area (Å²) in [7, 11) is 1.83. The van der Waals surface area contributed by atoms with Crippen LogP contribution in [0.1, 0.15) is 5.69 Å². The highest BCUT2D eigenvalue weighted by atomic mass is 32.1. The van der Waals surface area contributed by atoms with E-state index in [9.17, 15) is 0 Å². The van der Waals surface area contributed by atoms with Crippen molar-refractivity contribution in [1.29, 1.82) is 0 Å². The van der Waals surface area contributed by atoms with Crippen LogP contribution in [0.4, 0.5) is 5.00 Å². The molecule has 8 heteroatoms. The molecule has 3 heterocycles. The average molecular weight is 262 g/mol. The summed E-state index contributed by atoms with van der Waals surface area (Å²) in [5.74, 6) is 1.46. The molecule has 0 aliphatic heterocycles. The first-order valence-corrected chi connectivity index (χ1v) is 6.05. The lowest BCUT2D eigenvalue weighted by Crippen LogP contribution is -1.89. The van der Waals surface area contributed by atoms with E-state index in [1.807, 2.05) is 14.0 Å². The number of nitrogens with zero attached hydrogens (tertiary/aromatic N) is 4. The van der Waals surface area contributed by atoms with Gasteiger partial charge in [0.05, 0.1) is 11.3 Å². The number of H-pyrrole nitrogens is 1. The van der Waals surface area contributed by atoms with Crippen molar-refractivity contribution in [3.63, 3.8) is 0 Å². The molecule has 7 nitrogen and oxygen atoms in total. The summed E-state index contributed by atoms with van der Waals surface area (Å²) in [6.07, 6.45) is 3.35. The Morgan fingerprint density at radius 2 is 2.33 bits per heavy atom. The summed E-state index contributed by atoms with van der Waals surface area (Å²) >= 11 is 1.37. The van der Waals surface area contributed by atoms with Crippen LogP contribution in [-0.2, 0) is 0 Å². The Balaban J connectivity index is 2.05. The summed E-state index contributed by atoms with van der Waals surface area (Å²) in [6.45, 7) is 1.91. The molecule has 0 radical (unpaired) electrons. The summed E-state index contributed by atoms with van der Waals surface area (Å²) in [5.41, 5.74) is 1.70. The van der Waals surface area contributed by atoms with Crippen molar-refractivity contribution in [3.8, 4) is 23.1 Å². The van der Waals surface area contributed by atoms with Gasteiger partial charge in [0.15, 0.2) is 5.82 Å². The topological polar surface area (TPSA) is 92.5 Å². The third kappa shape index (κ3) is 1.66. The standard InChI is InChI=1S/C10H10N6OS/c1-5-6(10(11-2)18-16-5)9-14-8(15-17-9)7-12-3-4-13-7/h3-4,11H,1-2H3,(H,12,13). The molecule has 0 saturated carbocycles. The van der Waals surface area contributed by atoms with E-state index in [4.69, 9.17) is 4.52 Å². The molecule has 0 fully saturated rings. The SMILES string of the molecule is CNc1snc(C)c1-c1nc(-c2ncc[nH]2)no1. The lowest BCUT2D eigenvalue weighted by atomic mass is 10.2. The molecular weight excluding hydrogens is 252 g/mol. The molecule has 0 bridgehead atoms. The number of anilines is 1. The van der Waals surface area contributed by atoms with Gasteiger partial charge in [0.2, 0.25) is 5.82 Å². The highest BCUT2D eigenvalue weighted by Crippen LogP contribution is 2.33. The Morgan fingerprint density at radius 3 is 3.06 bits per heavy atom. The van der Waals surface area contributed by atoms with E-state index in [1.165, 1.54) is 11.5 Å². The summed E-state index contributed by atoms with van der Waals surface area (Å²) in [4.78, 5) is 11.3. The highest BCUT2D eigenvalue weighted by molar-refractivity contribution is 7.10. The van der Waals surface area contributed by atoms with Gasteiger partial charge < -0.3 is 14.8 Å². The third-order valence-electron chi connectivity index (χ3n) is 2.44. The maximum atomic E-state index is 5.26. The van der Waals surface area contributed by atoms with Crippen LogP contribution < -0.4 is 5.32 Å². The van der Waals surface area contributed by atoms with E-state index in [0.717, 1.165) is 16.3 Å². The number of nitrogens with one attached hydrogen (secondary N) is 2. The molecule has 0 spiro atoms. The van der Waals surface area contributed by atoms with Crippen molar-refractivity contribution in [2.45, 2.75) is 6.92 Å². The number of hydrogen-bond acceptors (Lipinski definition) is 7. The monoisotopic (exact) mass is 262 g/mol. The smallest absolute Gasteiger partial charge is 0.263 e. The number of aromatic amines is 1. The van der Waals surface area contributed by atoms with Gasteiger partial charge >= 0.3 is 0 Å². The quantitative estimate of drug-likeness (QED) is 0.749. The molecule has 3 rings (SSSR count). The molecule has 92 valence electrons. The van der Waals surface area contributed by atoms with Crippen molar-refractivity contribution in [2.75, 3.05) is 12.4 Å². The lowest BCUT2D eigenvalue weighted by molar-refractivity contribution is 0.432. The number of rotatable bonds is 3. The molecular formula is C10H10N6OS. The van der Waals surface area contributed by atoms with Crippen molar-refractivity contribution in [1.82, 2.24) is 24.5 Å². The minimum atomic E-state index is 0.433. The second kappa shape index (κ2) is 4.22. The average Bonchev–Trinajstić information content (AvgIpc) is 3.07. The first-order chi connectivity index (χ1) is 8.79. The predicted molar refractivity (Wildman–Crippen MR) is 67.3 cm³/mol. The van der Waals surface area contributed by atoms with Gasteiger partial charge in [-0.25, -0.2) is 4.98 Å². The maximum absolute atomic E-state index is 5.26. The van der Waals surface area contributed by atoms with Crippen molar-refractivity contribution in [2.24, 2.45) is 0 Å². The lowest BCUT2D eigenvalue weighted by Gasteiger charge is -1.96. The largest absolute Gasteiger partial charge is 0.378 e. The molecule has 0 aliphatic carbocycles. The van der Waals surface area contributed by atoms with E-state index >= 15 is 0 Å². The molecule has 0 aliphatic rings. The van der Waals surface area contributed by atoms with Crippen LogP contribution >= 0.6 is 11.5 Å². The van der Waals surface area contributed by atoms with Crippen molar-refractivity contribution >= 4 is 16.5 Å². The molecule has 18 heavy (non-hydrogen) atoms. The molecule has 2 N–H and O–H groups in total. The second-order valence-corrected chi connectivity index (χ2v) is 4.36. The van der Waals surface area contributed by atoms with Gasteiger partial charge in [-0.2, -0.15) is 9.36 Å². The van der Waals surface area contributed by atoms with Crippen LogP contribution in [0.2, 0.25) is 0 Å². The zero-order valence-electron chi connectivity index (χ0n) is 9.76. The predicted octanol–water partition coefficient (Wildman–Crippen LogP) is 1.93. The van der Waals surface area contributed by atoms with E-state index < -0.39 is 0 Å². The number of aryl methyl sites for hydroxylation is 1. The molecule has 0 atom stereocenters. The number of imidazole rings is 1. The van der Waals surface area contributed by atoms with Crippen LogP contribution in [0.15, 0.2) is 16.9 Å². The normalized spacial score (nSPS) is 10.8. The maximum Gasteiger partial charge on any atom is 0.263 e. The zero-order chi connectivity index (χ0) is 12.5.